The molecule has 0 saturated carbocycles. The molecule has 0 fully saturated rings. The van der Waals surface area contributed by atoms with E-state index in [1.807, 2.05) is 48.5 Å². The van der Waals surface area contributed by atoms with Crippen LogP contribution in [0.25, 0.3) is 0 Å². The maximum absolute atomic E-state index is 11.9. The molecule has 1 heterocycles. The quantitative estimate of drug-likeness (QED) is 0.858. The second-order valence-corrected chi connectivity index (χ2v) is 5.73. The van der Waals surface area contributed by atoms with Crippen molar-refractivity contribution in [2.24, 2.45) is 0 Å². The summed E-state index contributed by atoms with van der Waals surface area (Å²) >= 11 is 0. The van der Waals surface area contributed by atoms with Gasteiger partial charge in [0.1, 0.15) is 5.75 Å². The third-order valence-electron chi connectivity index (χ3n) is 3.90. The van der Waals surface area contributed by atoms with Crippen LogP contribution >= 0.6 is 0 Å². The molecule has 0 aromatic heterocycles. The van der Waals surface area contributed by atoms with Gasteiger partial charge in [0.25, 0.3) is 0 Å². The summed E-state index contributed by atoms with van der Waals surface area (Å²) in [6, 6.07) is 15.3. The lowest BCUT2D eigenvalue weighted by Gasteiger charge is -2.17. The Bertz CT molecular complexity index is 729. The molecule has 0 unspecified atom stereocenters. The molecule has 0 saturated heterocycles. The number of hydrogen-bond acceptors (Lipinski definition) is 3. The first-order chi connectivity index (χ1) is 11.7. The number of amides is 2. The molecule has 2 aromatic rings. The second-order valence-electron chi connectivity index (χ2n) is 5.73. The molecule has 1 aliphatic rings. The average molecular weight is 324 g/mol. The number of carbonyl (C=O) groups excluding carboxylic acids is 2. The van der Waals surface area contributed by atoms with Crippen molar-refractivity contribution in [1.29, 1.82) is 0 Å². The van der Waals surface area contributed by atoms with Gasteiger partial charge in [-0.25, -0.2) is 0 Å². The van der Waals surface area contributed by atoms with E-state index in [0.29, 0.717) is 26.0 Å². The summed E-state index contributed by atoms with van der Waals surface area (Å²) < 4.78 is 5.51. The van der Waals surface area contributed by atoms with Crippen LogP contribution in [0.5, 0.6) is 5.75 Å². The summed E-state index contributed by atoms with van der Waals surface area (Å²) in [7, 11) is 0. The molecule has 5 nitrogen and oxygen atoms in total. The zero-order valence-electron chi connectivity index (χ0n) is 13.4. The lowest BCUT2D eigenvalue weighted by molar-refractivity contribution is -0.121. The van der Waals surface area contributed by atoms with E-state index in [0.717, 1.165) is 29.0 Å². The van der Waals surface area contributed by atoms with Gasteiger partial charge in [0, 0.05) is 18.7 Å². The van der Waals surface area contributed by atoms with Gasteiger partial charge >= 0.3 is 0 Å². The van der Waals surface area contributed by atoms with Gasteiger partial charge in [-0.05, 0) is 35.7 Å². The fraction of sp³-hybridized carbons (Fsp3) is 0.263. The molecule has 0 radical (unpaired) electrons. The van der Waals surface area contributed by atoms with E-state index in [9.17, 15) is 9.59 Å². The standard InChI is InChI=1S/C19H20N2O3/c22-18(10-11-24-16-4-2-1-3-5-16)20-13-14-6-8-17-15(12-14)7-9-19(23)21-17/h1-6,8,12H,7,9-11,13H2,(H,20,22)(H,21,23). The van der Waals surface area contributed by atoms with E-state index in [4.69, 9.17) is 4.74 Å². The predicted molar refractivity (Wildman–Crippen MR) is 91.8 cm³/mol. The molecule has 0 spiro atoms. The molecule has 2 aromatic carbocycles. The van der Waals surface area contributed by atoms with Gasteiger partial charge in [-0.15, -0.1) is 0 Å². The van der Waals surface area contributed by atoms with Gasteiger partial charge in [0.15, 0.2) is 0 Å². The highest BCUT2D eigenvalue weighted by Gasteiger charge is 2.14. The highest BCUT2D eigenvalue weighted by molar-refractivity contribution is 5.93. The lowest BCUT2D eigenvalue weighted by atomic mass is 10.0. The smallest absolute Gasteiger partial charge is 0.224 e. The first-order valence-electron chi connectivity index (χ1n) is 8.07. The minimum absolute atomic E-state index is 0.0445. The monoisotopic (exact) mass is 324 g/mol. The number of fused-ring (bicyclic) bond motifs is 1. The van der Waals surface area contributed by atoms with E-state index in [2.05, 4.69) is 10.6 Å². The maximum atomic E-state index is 11.9. The number of hydrogen-bond donors (Lipinski definition) is 2. The molecule has 2 N–H and O–H groups in total. The van der Waals surface area contributed by atoms with Gasteiger partial charge in [-0.1, -0.05) is 30.3 Å². The Balaban J connectivity index is 1.44. The zero-order valence-corrected chi connectivity index (χ0v) is 13.4. The number of carbonyl (C=O) groups is 2. The highest BCUT2D eigenvalue weighted by atomic mass is 16.5. The molecule has 1 aliphatic heterocycles. The first-order valence-corrected chi connectivity index (χ1v) is 8.07. The van der Waals surface area contributed by atoms with Gasteiger partial charge in [0.2, 0.25) is 11.8 Å². The Morgan fingerprint density at radius 2 is 1.96 bits per heavy atom. The maximum Gasteiger partial charge on any atom is 0.224 e. The van der Waals surface area contributed by atoms with Crippen LogP contribution in [0.1, 0.15) is 24.0 Å². The average Bonchev–Trinajstić information content (AvgIpc) is 2.61. The zero-order chi connectivity index (χ0) is 16.8. The Morgan fingerprint density at radius 3 is 2.79 bits per heavy atom. The van der Waals surface area contributed by atoms with Crippen molar-refractivity contribution in [3.05, 3.63) is 59.7 Å². The molecule has 2 amide bonds. The van der Waals surface area contributed by atoms with Crippen LogP contribution in [0.15, 0.2) is 48.5 Å². The first kappa shape index (κ1) is 16.1. The summed E-state index contributed by atoms with van der Waals surface area (Å²) in [5.41, 5.74) is 3.02. The van der Waals surface area contributed by atoms with Crippen molar-refractivity contribution in [2.45, 2.75) is 25.8 Å². The molecular weight excluding hydrogens is 304 g/mol. The number of rotatable bonds is 6. The number of nitrogens with one attached hydrogen (secondary N) is 2. The summed E-state index contributed by atoms with van der Waals surface area (Å²) in [5.74, 6) is 0.779. The molecule has 0 bridgehead atoms. The fourth-order valence-corrected chi connectivity index (χ4v) is 2.61. The Kier molecular flexibility index (Phi) is 5.11. The van der Waals surface area contributed by atoms with E-state index >= 15 is 0 Å². The van der Waals surface area contributed by atoms with Crippen molar-refractivity contribution in [3.63, 3.8) is 0 Å². The summed E-state index contributed by atoms with van der Waals surface area (Å²) in [6.07, 6.45) is 1.57. The molecule has 0 atom stereocenters. The van der Waals surface area contributed by atoms with Crippen LogP contribution in [0.4, 0.5) is 5.69 Å². The summed E-state index contributed by atoms with van der Waals surface area (Å²) in [5, 5.41) is 5.75. The van der Waals surface area contributed by atoms with Crippen molar-refractivity contribution in [3.8, 4) is 5.75 Å². The van der Waals surface area contributed by atoms with Crippen molar-refractivity contribution in [1.82, 2.24) is 5.32 Å². The number of aryl methyl sites for hydroxylation is 1. The molecule has 5 heteroatoms. The van der Waals surface area contributed by atoms with E-state index < -0.39 is 0 Å². The lowest BCUT2D eigenvalue weighted by Crippen LogP contribution is -2.25. The van der Waals surface area contributed by atoms with Crippen LogP contribution in [0.2, 0.25) is 0 Å². The van der Waals surface area contributed by atoms with Gasteiger partial charge < -0.3 is 15.4 Å². The Labute approximate surface area is 141 Å². The van der Waals surface area contributed by atoms with Crippen molar-refractivity contribution >= 4 is 17.5 Å². The van der Waals surface area contributed by atoms with E-state index in [1.165, 1.54) is 0 Å². The van der Waals surface area contributed by atoms with Crippen molar-refractivity contribution in [2.75, 3.05) is 11.9 Å². The molecular formula is C19H20N2O3. The topological polar surface area (TPSA) is 67.4 Å². The van der Waals surface area contributed by atoms with Crippen molar-refractivity contribution < 1.29 is 14.3 Å². The SMILES string of the molecule is O=C(CCOc1ccccc1)NCc1ccc2c(c1)CCC(=O)N2. The van der Waals surface area contributed by atoms with Gasteiger partial charge in [-0.3, -0.25) is 9.59 Å². The van der Waals surface area contributed by atoms with Crippen LogP contribution < -0.4 is 15.4 Å². The molecule has 3 rings (SSSR count). The highest BCUT2D eigenvalue weighted by Crippen LogP contribution is 2.23. The molecule has 124 valence electrons. The second kappa shape index (κ2) is 7.64. The largest absolute Gasteiger partial charge is 0.493 e. The number of ether oxygens (including phenoxy) is 1. The summed E-state index contributed by atoms with van der Waals surface area (Å²) in [6.45, 7) is 0.831. The van der Waals surface area contributed by atoms with Crippen LogP contribution in [0, 0.1) is 0 Å². The third-order valence-corrected chi connectivity index (χ3v) is 3.90. The number of anilines is 1. The Hall–Kier alpha value is -2.82. The van der Waals surface area contributed by atoms with Gasteiger partial charge in [0.05, 0.1) is 13.0 Å². The van der Waals surface area contributed by atoms with E-state index in [-0.39, 0.29) is 11.8 Å². The molecule has 24 heavy (non-hydrogen) atoms. The summed E-state index contributed by atoms with van der Waals surface area (Å²) in [4.78, 5) is 23.2. The van der Waals surface area contributed by atoms with E-state index in [1.54, 1.807) is 0 Å². The normalized spacial score (nSPS) is 12.9. The minimum Gasteiger partial charge on any atom is -0.493 e. The Morgan fingerprint density at radius 1 is 1.12 bits per heavy atom. The van der Waals surface area contributed by atoms with Crippen LogP contribution in [0.3, 0.4) is 0 Å². The molecule has 0 aliphatic carbocycles. The third kappa shape index (κ3) is 4.35. The number of benzene rings is 2. The predicted octanol–water partition coefficient (Wildman–Crippen LogP) is 2.66. The fourth-order valence-electron chi connectivity index (χ4n) is 2.61. The van der Waals surface area contributed by atoms with Crippen LogP contribution in [-0.2, 0) is 22.6 Å². The minimum atomic E-state index is -0.0445. The van der Waals surface area contributed by atoms with Crippen LogP contribution in [-0.4, -0.2) is 18.4 Å². The van der Waals surface area contributed by atoms with Gasteiger partial charge in [-0.2, -0.15) is 0 Å². The number of para-hydroxylation sites is 1.